The van der Waals surface area contributed by atoms with Crippen LogP contribution < -0.4 is 11.5 Å². The molecule has 4 heteroatoms. The summed E-state index contributed by atoms with van der Waals surface area (Å²) < 4.78 is 4.29. The first-order chi connectivity index (χ1) is 3.31. The third-order valence-electron chi connectivity index (χ3n) is 0.549. The smallest absolute Gasteiger partial charge is 0.319 e. The highest BCUT2D eigenvalue weighted by molar-refractivity contribution is 5.71. The molecule has 0 rings (SSSR count). The molecule has 0 aromatic heterocycles. The third kappa shape index (κ3) is 5.39. The maximum atomic E-state index is 10.1. The van der Waals surface area contributed by atoms with Gasteiger partial charge in [0.2, 0.25) is 0 Å². The van der Waals surface area contributed by atoms with Crippen LogP contribution in [0.2, 0.25) is 0 Å². The van der Waals surface area contributed by atoms with Gasteiger partial charge in [0.05, 0.1) is 13.7 Å². The van der Waals surface area contributed by atoms with Gasteiger partial charge in [-0.1, -0.05) is 0 Å². The Morgan fingerprint density at radius 2 is 2.25 bits per heavy atom. The molecule has 0 aromatic carbocycles. The number of ether oxygens (including phenoxy) is 1. The Balaban J connectivity index is 0. The maximum absolute atomic E-state index is 10.1. The van der Waals surface area contributed by atoms with Gasteiger partial charge in [-0.2, -0.15) is 0 Å². The van der Waals surface area contributed by atoms with Crippen LogP contribution in [0.5, 0.6) is 0 Å². The Hall–Kier alpha value is -0.610. The van der Waals surface area contributed by atoms with Crippen LogP contribution in [-0.2, 0) is 9.53 Å². The van der Waals surface area contributed by atoms with Crippen LogP contribution in [0, 0.1) is 0 Å². The zero-order chi connectivity index (χ0) is 5.70. The van der Waals surface area contributed by atoms with Crippen LogP contribution in [0.25, 0.3) is 0 Å². The van der Waals surface area contributed by atoms with Gasteiger partial charge in [-0.3, -0.25) is 4.79 Å². The quantitative estimate of drug-likeness (QED) is 0.484. The molecule has 0 aromatic rings. The van der Waals surface area contributed by atoms with Gasteiger partial charge < -0.3 is 16.2 Å². The average molecular weight is 120 g/mol. The number of hydrogen-bond acceptors (Lipinski definition) is 4. The fraction of sp³-hybridized carbons (Fsp3) is 0.750. The monoisotopic (exact) mass is 120 g/mol. The lowest BCUT2D eigenvalue weighted by molar-refractivity contribution is -0.139. The number of esters is 1. The lowest BCUT2D eigenvalue weighted by Gasteiger charge is -1.93. The van der Waals surface area contributed by atoms with Gasteiger partial charge in [-0.05, 0) is 7.05 Å². The second kappa shape index (κ2) is 6.39. The van der Waals surface area contributed by atoms with Crippen LogP contribution in [0.3, 0.4) is 0 Å². The van der Waals surface area contributed by atoms with Crippen molar-refractivity contribution in [3.63, 3.8) is 0 Å². The lowest BCUT2D eigenvalue weighted by atomic mass is 10.7. The van der Waals surface area contributed by atoms with E-state index in [9.17, 15) is 4.79 Å². The summed E-state index contributed by atoms with van der Waals surface area (Å²) >= 11 is 0. The first-order valence-corrected chi connectivity index (χ1v) is 2.02. The van der Waals surface area contributed by atoms with Crippen molar-refractivity contribution in [3.05, 3.63) is 0 Å². The third-order valence-corrected chi connectivity index (χ3v) is 0.549. The number of hydrogen-bond donors (Lipinski definition) is 2. The summed E-state index contributed by atoms with van der Waals surface area (Å²) in [7, 11) is 3.05. The number of carbonyl (C=O) groups is 1. The summed E-state index contributed by atoms with van der Waals surface area (Å²) in [6.45, 7) is 0.288. The molecule has 0 amide bonds. The zero-order valence-corrected chi connectivity index (χ0v) is 5.23. The number of nitrogens with one attached hydrogen (secondary N) is 1. The van der Waals surface area contributed by atoms with Crippen molar-refractivity contribution < 1.29 is 9.53 Å². The highest BCUT2D eigenvalue weighted by atomic mass is 16.5. The number of rotatable bonds is 2. The van der Waals surface area contributed by atoms with Crippen molar-refractivity contribution >= 4 is 5.97 Å². The predicted octanol–water partition coefficient (Wildman–Crippen LogP) is -0.459. The van der Waals surface area contributed by atoms with Crippen molar-refractivity contribution in [2.75, 3.05) is 20.7 Å². The normalized spacial score (nSPS) is 7.25. The van der Waals surface area contributed by atoms with E-state index in [0.29, 0.717) is 0 Å². The Bertz CT molecular complexity index is 65.1. The topological polar surface area (TPSA) is 73.3 Å². The molecular formula is C4H12N2O2. The van der Waals surface area contributed by atoms with Crippen LogP contribution in [0.4, 0.5) is 0 Å². The molecule has 8 heavy (non-hydrogen) atoms. The molecule has 0 aliphatic rings. The van der Waals surface area contributed by atoms with E-state index in [-0.39, 0.29) is 18.7 Å². The van der Waals surface area contributed by atoms with Crippen molar-refractivity contribution in [3.8, 4) is 0 Å². The molecule has 4 nitrogen and oxygen atoms in total. The maximum Gasteiger partial charge on any atom is 0.319 e. The first kappa shape index (κ1) is 10.4. The Labute approximate surface area is 48.8 Å². The first-order valence-electron chi connectivity index (χ1n) is 2.02. The molecule has 4 N–H and O–H groups in total. The summed E-state index contributed by atoms with van der Waals surface area (Å²) in [5.74, 6) is -0.234. The summed E-state index contributed by atoms with van der Waals surface area (Å²) in [5.41, 5.74) is 0. The van der Waals surface area contributed by atoms with Crippen molar-refractivity contribution in [1.29, 1.82) is 0 Å². The van der Waals surface area contributed by atoms with Crippen LogP contribution >= 0.6 is 0 Å². The molecule has 0 aliphatic heterocycles. The van der Waals surface area contributed by atoms with Crippen LogP contribution in [0.1, 0.15) is 0 Å². The van der Waals surface area contributed by atoms with Gasteiger partial charge in [0.1, 0.15) is 0 Å². The fourth-order valence-electron chi connectivity index (χ4n) is 0.217. The molecule has 0 saturated heterocycles. The van der Waals surface area contributed by atoms with Crippen molar-refractivity contribution in [1.82, 2.24) is 11.5 Å². The van der Waals surface area contributed by atoms with Crippen molar-refractivity contribution in [2.45, 2.75) is 0 Å². The van der Waals surface area contributed by atoms with Gasteiger partial charge >= 0.3 is 5.97 Å². The molecule has 50 valence electrons. The Kier molecular flexibility index (Phi) is 8.30. The molecule has 0 atom stereocenters. The lowest BCUT2D eigenvalue weighted by Crippen LogP contribution is -2.19. The summed E-state index contributed by atoms with van der Waals surface area (Å²) in [5, 5.41) is 2.64. The molecule has 0 aliphatic carbocycles. The summed E-state index contributed by atoms with van der Waals surface area (Å²) in [4.78, 5) is 10.1. The molecule has 0 heterocycles. The fourth-order valence-corrected chi connectivity index (χ4v) is 0.217. The number of methoxy groups -OCH3 is 1. The summed E-state index contributed by atoms with van der Waals surface area (Å²) in [6, 6.07) is 0. The minimum absolute atomic E-state index is 0. The van der Waals surface area contributed by atoms with Crippen LogP contribution in [-0.4, -0.2) is 26.7 Å². The van der Waals surface area contributed by atoms with Crippen LogP contribution in [0.15, 0.2) is 0 Å². The van der Waals surface area contributed by atoms with Gasteiger partial charge in [0.15, 0.2) is 0 Å². The highest BCUT2D eigenvalue weighted by Gasteiger charge is 1.91. The largest absolute Gasteiger partial charge is 0.468 e. The zero-order valence-electron chi connectivity index (χ0n) is 5.23. The molecule has 0 radical (unpaired) electrons. The van der Waals surface area contributed by atoms with Gasteiger partial charge in [0.25, 0.3) is 0 Å². The van der Waals surface area contributed by atoms with E-state index >= 15 is 0 Å². The summed E-state index contributed by atoms with van der Waals surface area (Å²) in [6.07, 6.45) is 0. The van der Waals surface area contributed by atoms with Crippen molar-refractivity contribution in [2.24, 2.45) is 0 Å². The highest BCUT2D eigenvalue weighted by Crippen LogP contribution is 1.64. The Morgan fingerprint density at radius 1 is 1.75 bits per heavy atom. The van der Waals surface area contributed by atoms with E-state index in [0.717, 1.165) is 0 Å². The molecule has 0 spiro atoms. The second-order valence-electron chi connectivity index (χ2n) is 1.11. The number of carbonyl (C=O) groups excluding carboxylic acids is 1. The predicted molar refractivity (Wildman–Crippen MR) is 31.0 cm³/mol. The van der Waals surface area contributed by atoms with E-state index in [1.54, 1.807) is 7.05 Å². The molecule has 0 saturated carbocycles. The average Bonchev–Trinajstić information content (AvgIpc) is 1.68. The molecule has 0 unspecified atom stereocenters. The minimum Gasteiger partial charge on any atom is -0.468 e. The van der Waals surface area contributed by atoms with E-state index in [2.05, 4.69) is 10.1 Å². The standard InChI is InChI=1S/C4H9NO2.H3N/c1-5-3-4(6)7-2;/h5H,3H2,1-2H3;1H3. The minimum atomic E-state index is -0.234. The molecule has 0 fully saturated rings. The van der Waals surface area contributed by atoms with Gasteiger partial charge in [-0.25, -0.2) is 0 Å². The molecule has 0 bridgehead atoms. The van der Waals surface area contributed by atoms with Gasteiger partial charge in [0, 0.05) is 0 Å². The Morgan fingerprint density at radius 3 is 2.38 bits per heavy atom. The SMILES string of the molecule is CNCC(=O)OC.N. The van der Waals surface area contributed by atoms with Gasteiger partial charge in [-0.15, -0.1) is 0 Å². The second-order valence-corrected chi connectivity index (χ2v) is 1.11. The van der Waals surface area contributed by atoms with E-state index < -0.39 is 0 Å². The number of likely N-dealkylation sites (N-methyl/N-ethyl adjacent to an activating group) is 1. The van der Waals surface area contributed by atoms with E-state index in [1.807, 2.05) is 0 Å². The van der Waals surface area contributed by atoms with E-state index in [4.69, 9.17) is 0 Å². The molecular weight excluding hydrogens is 108 g/mol. The van der Waals surface area contributed by atoms with E-state index in [1.165, 1.54) is 7.11 Å².